The number of nitrogens with zero attached hydrogens (tertiary/aromatic N) is 2. The largest absolute Gasteiger partial charge is 0.492 e. The molecule has 2 aromatic carbocycles. The highest BCUT2D eigenvalue weighted by Crippen LogP contribution is 2.24. The van der Waals surface area contributed by atoms with Gasteiger partial charge in [0.05, 0.1) is 12.6 Å². The Morgan fingerprint density at radius 3 is 2.78 bits per heavy atom. The number of fused-ring (bicyclic) bond motifs is 1. The summed E-state index contributed by atoms with van der Waals surface area (Å²) in [5.41, 5.74) is 0. The third-order valence-corrected chi connectivity index (χ3v) is 2.82. The number of hydrogen-bond acceptors (Lipinski definition) is 3. The number of nitriles is 1. The zero-order valence-electron chi connectivity index (χ0n) is 10.5. The number of rotatable bonds is 5. The van der Waals surface area contributed by atoms with E-state index < -0.39 is 0 Å². The monoisotopic (exact) mass is 240 g/mol. The van der Waals surface area contributed by atoms with Gasteiger partial charge in [0.2, 0.25) is 0 Å². The molecule has 0 radical (unpaired) electrons. The van der Waals surface area contributed by atoms with Crippen LogP contribution in [-0.2, 0) is 0 Å². The molecule has 0 saturated carbocycles. The van der Waals surface area contributed by atoms with Crippen molar-refractivity contribution < 1.29 is 4.74 Å². The topological polar surface area (TPSA) is 36.3 Å². The molecule has 2 aromatic rings. The molecule has 0 bridgehead atoms. The molecular formula is C15H16N2O. The fraction of sp³-hybridized carbons (Fsp3) is 0.267. The highest BCUT2D eigenvalue weighted by atomic mass is 16.5. The molecule has 0 fully saturated rings. The maximum atomic E-state index is 8.56. The lowest BCUT2D eigenvalue weighted by Gasteiger charge is -2.14. The van der Waals surface area contributed by atoms with Gasteiger partial charge in [-0.05, 0) is 18.5 Å². The van der Waals surface area contributed by atoms with Crippen LogP contribution in [0.1, 0.15) is 0 Å². The van der Waals surface area contributed by atoms with E-state index in [9.17, 15) is 0 Å². The summed E-state index contributed by atoms with van der Waals surface area (Å²) < 4.78 is 5.79. The Bertz CT molecular complexity index is 554. The Labute approximate surface area is 107 Å². The predicted octanol–water partition coefficient (Wildman–Crippen LogP) is 2.67. The van der Waals surface area contributed by atoms with Crippen LogP contribution in [0.25, 0.3) is 10.8 Å². The lowest BCUT2D eigenvalue weighted by Crippen LogP contribution is -2.24. The minimum absolute atomic E-state index is 0.429. The standard InChI is InChI=1S/C15H16N2O/c1-17(10-9-16)11-12-18-15-8-4-6-13-5-2-3-7-14(13)15/h2-8H,10-12H2,1H3. The number of benzene rings is 2. The third-order valence-electron chi connectivity index (χ3n) is 2.82. The van der Waals surface area contributed by atoms with E-state index in [0.29, 0.717) is 13.2 Å². The molecular weight excluding hydrogens is 224 g/mol. The van der Waals surface area contributed by atoms with Crippen LogP contribution in [0, 0.1) is 11.3 Å². The smallest absolute Gasteiger partial charge is 0.127 e. The highest BCUT2D eigenvalue weighted by molar-refractivity contribution is 5.88. The third kappa shape index (κ3) is 2.99. The first-order valence-electron chi connectivity index (χ1n) is 5.97. The average Bonchev–Trinajstić information content (AvgIpc) is 2.39. The van der Waals surface area contributed by atoms with Gasteiger partial charge in [-0.1, -0.05) is 36.4 Å². The summed E-state index contributed by atoms with van der Waals surface area (Å²) in [6, 6.07) is 16.3. The van der Waals surface area contributed by atoms with Crippen molar-refractivity contribution in [1.82, 2.24) is 4.90 Å². The highest BCUT2D eigenvalue weighted by Gasteiger charge is 2.02. The van der Waals surface area contributed by atoms with Gasteiger partial charge in [0, 0.05) is 11.9 Å². The normalized spacial score (nSPS) is 10.5. The van der Waals surface area contributed by atoms with Gasteiger partial charge in [-0.15, -0.1) is 0 Å². The van der Waals surface area contributed by atoms with Gasteiger partial charge in [-0.25, -0.2) is 0 Å². The summed E-state index contributed by atoms with van der Waals surface area (Å²) in [4.78, 5) is 1.94. The van der Waals surface area contributed by atoms with Gasteiger partial charge < -0.3 is 4.74 Å². The summed E-state index contributed by atoms with van der Waals surface area (Å²) in [6.07, 6.45) is 0. The molecule has 0 saturated heterocycles. The molecule has 3 nitrogen and oxygen atoms in total. The van der Waals surface area contributed by atoms with E-state index in [0.717, 1.165) is 17.7 Å². The summed E-state index contributed by atoms with van der Waals surface area (Å²) in [6.45, 7) is 1.77. The summed E-state index contributed by atoms with van der Waals surface area (Å²) in [7, 11) is 1.91. The molecule has 0 heterocycles. The van der Waals surface area contributed by atoms with Crippen LogP contribution < -0.4 is 4.74 Å². The van der Waals surface area contributed by atoms with Crippen molar-refractivity contribution in [3.05, 3.63) is 42.5 Å². The van der Waals surface area contributed by atoms with Crippen molar-refractivity contribution in [3.63, 3.8) is 0 Å². The maximum absolute atomic E-state index is 8.56. The number of likely N-dealkylation sites (N-methyl/N-ethyl adjacent to an activating group) is 1. The Hall–Kier alpha value is -2.05. The Balaban J connectivity index is 2.02. The molecule has 0 atom stereocenters. The van der Waals surface area contributed by atoms with Crippen LogP contribution in [0.4, 0.5) is 0 Å². The Morgan fingerprint density at radius 2 is 1.94 bits per heavy atom. The Kier molecular flexibility index (Phi) is 4.16. The fourth-order valence-electron chi connectivity index (χ4n) is 1.83. The quantitative estimate of drug-likeness (QED) is 0.754. The molecule has 92 valence electrons. The van der Waals surface area contributed by atoms with Crippen LogP contribution in [0.5, 0.6) is 5.75 Å². The summed E-state index contributed by atoms with van der Waals surface area (Å²) in [5, 5.41) is 10.9. The zero-order valence-corrected chi connectivity index (χ0v) is 10.5. The molecule has 18 heavy (non-hydrogen) atoms. The van der Waals surface area contributed by atoms with E-state index in [1.54, 1.807) is 0 Å². The Morgan fingerprint density at radius 1 is 1.17 bits per heavy atom. The second-order valence-electron chi connectivity index (χ2n) is 4.22. The number of hydrogen-bond donors (Lipinski definition) is 0. The molecule has 0 spiro atoms. The summed E-state index contributed by atoms with van der Waals surface area (Å²) >= 11 is 0. The second-order valence-corrected chi connectivity index (χ2v) is 4.22. The molecule has 2 rings (SSSR count). The van der Waals surface area contributed by atoms with Crippen LogP contribution >= 0.6 is 0 Å². The van der Waals surface area contributed by atoms with Crippen molar-refractivity contribution in [2.75, 3.05) is 26.7 Å². The van der Waals surface area contributed by atoms with Crippen molar-refractivity contribution >= 4 is 10.8 Å². The molecule has 0 unspecified atom stereocenters. The SMILES string of the molecule is CN(CC#N)CCOc1cccc2ccccc12. The van der Waals surface area contributed by atoms with E-state index >= 15 is 0 Å². The van der Waals surface area contributed by atoms with Gasteiger partial charge in [-0.2, -0.15) is 5.26 Å². The molecule has 0 aliphatic carbocycles. The molecule has 0 aliphatic rings. The molecule has 0 aromatic heterocycles. The van der Waals surface area contributed by atoms with Crippen molar-refractivity contribution in [3.8, 4) is 11.8 Å². The van der Waals surface area contributed by atoms with Gasteiger partial charge >= 0.3 is 0 Å². The van der Waals surface area contributed by atoms with Crippen LogP contribution in [0.15, 0.2) is 42.5 Å². The second kappa shape index (κ2) is 6.04. The maximum Gasteiger partial charge on any atom is 0.127 e. The van der Waals surface area contributed by atoms with E-state index in [2.05, 4.69) is 24.3 Å². The fourth-order valence-corrected chi connectivity index (χ4v) is 1.83. The van der Waals surface area contributed by atoms with Crippen molar-refractivity contribution in [2.24, 2.45) is 0 Å². The first-order valence-corrected chi connectivity index (χ1v) is 5.97. The van der Waals surface area contributed by atoms with Gasteiger partial charge in [0.1, 0.15) is 12.4 Å². The molecule has 0 amide bonds. The average molecular weight is 240 g/mol. The predicted molar refractivity (Wildman–Crippen MR) is 72.6 cm³/mol. The van der Waals surface area contributed by atoms with E-state index in [1.807, 2.05) is 36.2 Å². The zero-order chi connectivity index (χ0) is 12.8. The van der Waals surface area contributed by atoms with E-state index in [4.69, 9.17) is 10.00 Å². The molecule has 0 aliphatic heterocycles. The van der Waals surface area contributed by atoms with Crippen LogP contribution in [-0.4, -0.2) is 31.6 Å². The molecule has 3 heteroatoms. The number of ether oxygens (including phenoxy) is 1. The first kappa shape index (κ1) is 12.4. The van der Waals surface area contributed by atoms with Crippen LogP contribution in [0.2, 0.25) is 0 Å². The van der Waals surface area contributed by atoms with Crippen LogP contribution in [0.3, 0.4) is 0 Å². The van der Waals surface area contributed by atoms with Gasteiger partial charge in [0.15, 0.2) is 0 Å². The minimum Gasteiger partial charge on any atom is -0.492 e. The van der Waals surface area contributed by atoms with Gasteiger partial charge in [-0.3, -0.25) is 4.90 Å². The van der Waals surface area contributed by atoms with Gasteiger partial charge in [0.25, 0.3) is 0 Å². The minimum atomic E-state index is 0.429. The van der Waals surface area contributed by atoms with Crippen molar-refractivity contribution in [2.45, 2.75) is 0 Å². The summed E-state index contributed by atoms with van der Waals surface area (Å²) in [5.74, 6) is 0.901. The van der Waals surface area contributed by atoms with Crippen molar-refractivity contribution in [1.29, 1.82) is 5.26 Å². The lowest BCUT2D eigenvalue weighted by atomic mass is 10.1. The first-order chi connectivity index (χ1) is 8.81. The van der Waals surface area contributed by atoms with E-state index in [-0.39, 0.29) is 0 Å². The molecule has 0 N–H and O–H groups in total. The van der Waals surface area contributed by atoms with E-state index in [1.165, 1.54) is 5.39 Å². The lowest BCUT2D eigenvalue weighted by molar-refractivity contribution is 0.253.